The smallest absolute Gasteiger partial charge is 0.229 e. The summed E-state index contributed by atoms with van der Waals surface area (Å²) in [6.45, 7) is 3.49. The van der Waals surface area contributed by atoms with E-state index in [9.17, 15) is 14.7 Å². The molecule has 1 saturated heterocycles. The monoisotopic (exact) mass is 403 g/mol. The number of hydrogen-bond donors (Lipinski definition) is 2. The predicted molar refractivity (Wildman–Crippen MR) is 110 cm³/mol. The third kappa shape index (κ3) is 6.21. The van der Waals surface area contributed by atoms with Crippen LogP contribution in [0.1, 0.15) is 51.4 Å². The first-order valence-electron chi connectivity index (χ1n) is 10.8. The van der Waals surface area contributed by atoms with Crippen LogP contribution in [-0.4, -0.2) is 76.0 Å². The van der Waals surface area contributed by atoms with E-state index in [1.165, 1.54) is 4.90 Å². The zero-order chi connectivity index (χ0) is 20.5. The van der Waals surface area contributed by atoms with Crippen molar-refractivity contribution in [1.82, 2.24) is 19.8 Å². The molecule has 1 saturated carbocycles. The van der Waals surface area contributed by atoms with Crippen molar-refractivity contribution in [1.29, 1.82) is 0 Å². The summed E-state index contributed by atoms with van der Waals surface area (Å²) in [6, 6.07) is 1.77. The number of piperidine rings is 1. The predicted octanol–water partition coefficient (Wildman–Crippen LogP) is 1.67. The number of hydrogen-bond acceptors (Lipinski definition) is 7. The Kier molecular flexibility index (Phi) is 7.94. The van der Waals surface area contributed by atoms with Gasteiger partial charge in [0.05, 0.1) is 6.61 Å². The minimum Gasteiger partial charge on any atom is -0.395 e. The van der Waals surface area contributed by atoms with Crippen LogP contribution in [0.15, 0.2) is 18.5 Å². The number of nitrogens with zero attached hydrogens (tertiary/aromatic N) is 4. The molecule has 8 nitrogen and oxygen atoms in total. The van der Waals surface area contributed by atoms with E-state index in [-0.39, 0.29) is 23.8 Å². The number of aliphatic hydroxyl groups excluding tert-OH is 1. The van der Waals surface area contributed by atoms with E-state index in [4.69, 9.17) is 0 Å². The molecule has 2 fully saturated rings. The van der Waals surface area contributed by atoms with E-state index in [2.05, 4.69) is 20.2 Å². The molecule has 2 aliphatic rings. The lowest BCUT2D eigenvalue weighted by atomic mass is 9.76. The highest BCUT2D eigenvalue weighted by Gasteiger charge is 2.44. The highest BCUT2D eigenvalue weighted by atomic mass is 16.3. The van der Waals surface area contributed by atoms with Gasteiger partial charge in [0.25, 0.3) is 0 Å². The van der Waals surface area contributed by atoms with Gasteiger partial charge in [0, 0.05) is 51.4 Å². The number of carbonyl (C=O) groups is 2. The van der Waals surface area contributed by atoms with Gasteiger partial charge in [-0.3, -0.25) is 19.4 Å². The van der Waals surface area contributed by atoms with Gasteiger partial charge in [-0.25, -0.2) is 9.97 Å². The second kappa shape index (κ2) is 10.6. The first kappa shape index (κ1) is 21.6. The van der Waals surface area contributed by atoms with Crippen molar-refractivity contribution in [2.75, 3.05) is 44.6 Å². The number of nitrogens with one attached hydrogen (secondary N) is 1. The van der Waals surface area contributed by atoms with Crippen molar-refractivity contribution in [3.8, 4) is 0 Å². The average molecular weight is 404 g/mol. The van der Waals surface area contributed by atoms with Gasteiger partial charge in [-0.1, -0.05) is 12.8 Å². The van der Waals surface area contributed by atoms with Gasteiger partial charge in [0.1, 0.15) is 0 Å². The second-order valence-corrected chi connectivity index (χ2v) is 8.27. The van der Waals surface area contributed by atoms with Crippen LogP contribution in [0.3, 0.4) is 0 Å². The van der Waals surface area contributed by atoms with Gasteiger partial charge < -0.3 is 10.4 Å². The first-order chi connectivity index (χ1) is 14.1. The molecule has 29 heavy (non-hydrogen) atoms. The van der Waals surface area contributed by atoms with E-state index in [1.54, 1.807) is 18.5 Å². The molecule has 160 valence electrons. The molecule has 1 aromatic heterocycles. The van der Waals surface area contributed by atoms with E-state index in [0.29, 0.717) is 38.4 Å². The lowest BCUT2D eigenvalue weighted by molar-refractivity contribution is -0.153. The van der Waals surface area contributed by atoms with Crippen LogP contribution in [0, 0.1) is 5.41 Å². The molecule has 0 unspecified atom stereocenters. The van der Waals surface area contributed by atoms with Crippen LogP contribution in [0.25, 0.3) is 0 Å². The first-order valence-corrected chi connectivity index (χ1v) is 10.8. The van der Waals surface area contributed by atoms with Crippen molar-refractivity contribution in [2.24, 2.45) is 5.41 Å². The number of aromatic nitrogens is 2. The summed E-state index contributed by atoms with van der Waals surface area (Å²) >= 11 is 0. The minimum atomic E-state index is -0.0297. The SMILES string of the molecule is O=C1CC2(CCCC2)CC(=O)N1CCCCN(CCO)CCNc1ncccn1. The number of carbonyl (C=O) groups excluding carboxylic acids is 2. The molecular weight excluding hydrogens is 370 g/mol. The van der Waals surface area contributed by atoms with Gasteiger partial charge >= 0.3 is 0 Å². The largest absolute Gasteiger partial charge is 0.395 e. The highest BCUT2D eigenvalue weighted by molar-refractivity contribution is 5.98. The molecule has 1 aromatic rings. The van der Waals surface area contributed by atoms with Crippen LogP contribution < -0.4 is 5.32 Å². The number of likely N-dealkylation sites (tertiary alicyclic amines) is 1. The maximum atomic E-state index is 12.5. The topological polar surface area (TPSA) is 98.7 Å². The number of aliphatic hydroxyl groups is 1. The zero-order valence-corrected chi connectivity index (χ0v) is 17.2. The fourth-order valence-electron chi connectivity index (χ4n) is 4.56. The summed E-state index contributed by atoms with van der Waals surface area (Å²) in [5.74, 6) is 0.628. The quantitative estimate of drug-likeness (QED) is 0.428. The molecule has 0 atom stereocenters. The molecule has 2 N–H and O–H groups in total. The Hall–Kier alpha value is -2.06. The van der Waals surface area contributed by atoms with Crippen LogP contribution in [-0.2, 0) is 9.59 Å². The Morgan fingerprint density at radius 3 is 2.38 bits per heavy atom. The lowest BCUT2D eigenvalue weighted by Crippen LogP contribution is -2.47. The Bertz CT molecular complexity index is 644. The summed E-state index contributed by atoms with van der Waals surface area (Å²) in [5.41, 5.74) is -0.0297. The van der Waals surface area contributed by atoms with Gasteiger partial charge in [-0.2, -0.15) is 0 Å². The number of amides is 2. The highest BCUT2D eigenvalue weighted by Crippen LogP contribution is 2.46. The van der Waals surface area contributed by atoms with Gasteiger partial charge in [-0.05, 0) is 43.7 Å². The van der Waals surface area contributed by atoms with Crippen molar-refractivity contribution < 1.29 is 14.7 Å². The normalized spacial score (nSPS) is 18.8. The standard InChI is InChI=1S/C21H33N5O3/c27-15-14-25(13-10-24-20-22-8-5-9-23-20)11-3-4-12-26-18(28)16-21(17-19(26)29)6-1-2-7-21/h5,8-9,27H,1-4,6-7,10-17H2,(H,22,23,24). The van der Waals surface area contributed by atoms with Crippen molar-refractivity contribution in [3.05, 3.63) is 18.5 Å². The molecule has 3 rings (SSSR count). The van der Waals surface area contributed by atoms with Crippen LogP contribution in [0.4, 0.5) is 5.95 Å². The third-order valence-electron chi connectivity index (χ3n) is 6.12. The van der Waals surface area contributed by atoms with Crippen molar-refractivity contribution in [3.63, 3.8) is 0 Å². The summed E-state index contributed by atoms with van der Waals surface area (Å²) in [6.07, 6.45) is 10.5. The molecule has 8 heteroatoms. The minimum absolute atomic E-state index is 0.0161. The Morgan fingerprint density at radius 2 is 1.72 bits per heavy atom. The molecule has 0 aromatic carbocycles. The molecule has 1 spiro atoms. The second-order valence-electron chi connectivity index (χ2n) is 8.27. The number of anilines is 1. The van der Waals surface area contributed by atoms with Crippen molar-refractivity contribution in [2.45, 2.75) is 51.4 Å². The maximum absolute atomic E-state index is 12.5. The van der Waals surface area contributed by atoms with E-state index in [1.807, 2.05) is 0 Å². The van der Waals surface area contributed by atoms with Gasteiger partial charge in [0.2, 0.25) is 17.8 Å². The van der Waals surface area contributed by atoms with E-state index in [0.717, 1.165) is 51.6 Å². The average Bonchev–Trinajstić information content (AvgIpc) is 3.14. The number of unbranched alkanes of at least 4 members (excludes halogenated alkanes) is 1. The zero-order valence-electron chi connectivity index (χ0n) is 17.2. The van der Waals surface area contributed by atoms with E-state index < -0.39 is 0 Å². The molecule has 1 aliphatic carbocycles. The van der Waals surface area contributed by atoms with Crippen LogP contribution >= 0.6 is 0 Å². The van der Waals surface area contributed by atoms with Crippen LogP contribution in [0.2, 0.25) is 0 Å². The molecule has 2 heterocycles. The van der Waals surface area contributed by atoms with Gasteiger partial charge in [0.15, 0.2) is 0 Å². The number of rotatable bonds is 11. The summed E-state index contributed by atoms with van der Waals surface area (Å²) < 4.78 is 0. The fourth-order valence-corrected chi connectivity index (χ4v) is 4.56. The Balaban J connectivity index is 1.36. The maximum Gasteiger partial charge on any atom is 0.229 e. The molecule has 1 aliphatic heterocycles. The fraction of sp³-hybridized carbons (Fsp3) is 0.714. The third-order valence-corrected chi connectivity index (χ3v) is 6.12. The van der Waals surface area contributed by atoms with Crippen LogP contribution in [0.5, 0.6) is 0 Å². The number of imide groups is 1. The van der Waals surface area contributed by atoms with Crippen molar-refractivity contribution >= 4 is 17.8 Å². The van der Waals surface area contributed by atoms with Gasteiger partial charge in [-0.15, -0.1) is 0 Å². The molecule has 0 bridgehead atoms. The summed E-state index contributed by atoms with van der Waals surface area (Å²) in [4.78, 5) is 36.9. The summed E-state index contributed by atoms with van der Waals surface area (Å²) in [7, 11) is 0. The molecule has 0 radical (unpaired) electrons. The molecular formula is C21H33N5O3. The summed E-state index contributed by atoms with van der Waals surface area (Å²) in [5, 5.41) is 12.5. The lowest BCUT2D eigenvalue weighted by Gasteiger charge is -2.37. The Labute approximate surface area is 172 Å². The molecule has 2 amide bonds. The van der Waals surface area contributed by atoms with E-state index >= 15 is 0 Å². The Morgan fingerprint density at radius 1 is 1.03 bits per heavy atom.